The van der Waals surface area contributed by atoms with Gasteiger partial charge in [-0.15, -0.1) is 0 Å². The molecule has 1 aliphatic heterocycles. The van der Waals surface area contributed by atoms with Crippen LogP contribution in [0.4, 0.5) is 0 Å². The quantitative estimate of drug-likeness (QED) is 0.484. The van der Waals surface area contributed by atoms with Crippen molar-refractivity contribution in [3.05, 3.63) is 12.2 Å². The maximum absolute atomic E-state index is 11.8. The van der Waals surface area contributed by atoms with Gasteiger partial charge in [0.2, 0.25) is 11.8 Å². The maximum Gasteiger partial charge on any atom is 0.330 e. The van der Waals surface area contributed by atoms with Crippen molar-refractivity contribution in [3.8, 4) is 0 Å². The van der Waals surface area contributed by atoms with E-state index in [0.29, 0.717) is 19.6 Å². The van der Waals surface area contributed by atoms with Gasteiger partial charge in [0, 0.05) is 12.7 Å². The van der Waals surface area contributed by atoms with E-state index in [1.165, 1.54) is 12.2 Å². The summed E-state index contributed by atoms with van der Waals surface area (Å²) < 4.78 is 9.81. The third-order valence-electron chi connectivity index (χ3n) is 2.87. The summed E-state index contributed by atoms with van der Waals surface area (Å²) in [5.74, 6) is -1.64. The number of hydrogen-bond acceptors (Lipinski definition) is 5. The summed E-state index contributed by atoms with van der Waals surface area (Å²) in [5, 5.41) is 2.57. The van der Waals surface area contributed by atoms with Crippen LogP contribution in [0.5, 0.6) is 0 Å². The zero-order chi connectivity index (χ0) is 15.0. The van der Waals surface area contributed by atoms with E-state index in [-0.39, 0.29) is 24.9 Å². The molecule has 1 heterocycles. The standard InChI is InChI=1S/C13H20N2O5/c1-2-20-11(16)5-3-4-10(12(14)17)15-13(18)9-6-7-19-8-9/h3,5,9-10H,2,4,6-8H2,1H3,(H2,14,17)(H,15,18)/b5-3+/t9-,10+/m1/s1. The van der Waals surface area contributed by atoms with E-state index in [4.69, 9.17) is 15.2 Å². The number of primary amides is 1. The molecule has 2 atom stereocenters. The van der Waals surface area contributed by atoms with Gasteiger partial charge in [0.1, 0.15) is 6.04 Å². The van der Waals surface area contributed by atoms with Gasteiger partial charge in [0.25, 0.3) is 0 Å². The van der Waals surface area contributed by atoms with Crippen LogP contribution in [0.1, 0.15) is 19.8 Å². The van der Waals surface area contributed by atoms with Crippen molar-refractivity contribution >= 4 is 17.8 Å². The molecule has 20 heavy (non-hydrogen) atoms. The summed E-state index contributed by atoms with van der Waals surface area (Å²) >= 11 is 0. The lowest BCUT2D eigenvalue weighted by molar-refractivity contribution is -0.137. The fourth-order valence-corrected chi connectivity index (χ4v) is 1.77. The Balaban J connectivity index is 2.45. The Morgan fingerprint density at radius 3 is 2.80 bits per heavy atom. The topological polar surface area (TPSA) is 108 Å². The van der Waals surface area contributed by atoms with E-state index >= 15 is 0 Å². The van der Waals surface area contributed by atoms with Crippen LogP contribution >= 0.6 is 0 Å². The second-order valence-electron chi connectivity index (χ2n) is 4.41. The van der Waals surface area contributed by atoms with Crippen molar-refractivity contribution in [2.45, 2.75) is 25.8 Å². The van der Waals surface area contributed by atoms with Gasteiger partial charge in [-0.1, -0.05) is 6.08 Å². The minimum absolute atomic E-state index is 0.146. The van der Waals surface area contributed by atoms with Crippen LogP contribution in [0.2, 0.25) is 0 Å². The molecule has 1 rings (SSSR count). The monoisotopic (exact) mass is 284 g/mol. The Bertz CT molecular complexity index is 388. The molecule has 0 unspecified atom stereocenters. The van der Waals surface area contributed by atoms with Gasteiger partial charge in [-0.3, -0.25) is 9.59 Å². The summed E-state index contributed by atoms with van der Waals surface area (Å²) in [4.78, 5) is 34.2. The summed E-state index contributed by atoms with van der Waals surface area (Å²) in [6.07, 6.45) is 3.45. The van der Waals surface area contributed by atoms with Crippen molar-refractivity contribution in [2.75, 3.05) is 19.8 Å². The third-order valence-corrected chi connectivity index (χ3v) is 2.87. The van der Waals surface area contributed by atoms with Crippen LogP contribution in [0.15, 0.2) is 12.2 Å². The molecule has 0 spiro atoms. The Kier molecular flexibility index (Phi) is 6.72. The molecule has 1 aliphatic rings. The van der Waals surface area contributed by atoms with Gasteiger partial charge in [0.15, 0.2) is 0 Å². The molecule has 1 saturated heterocycles. The molecule has 0 aromatic heterocycles. The molecule has 0 saturated carbocycles. The average molecular weight is 284 g/mol. The summed E-state index contributed by atoms with van der Waals surface area (Å²) in [6.45, 7) is 2.88. The second-order valence-corrected chi connectivity index (χ2v) is 4.41. The van der Waals surface area contributed by atoms with Crippen LogP contribution in [-0.2, 0) is 23.9 Å². The number of ether oxygens (including phenoxy) is 2. The van der Waals surface area contributed by atoms with Gasteiger partial charge in [-0.2, -0.15) is 0 Å². The highest BCUT2D eigenvalue weighted by Crippen LogP contribution is 2.12. The SMILES string of the molecule is CCOC(=O)/C=C/C[C@H](NC(=O)[C@@H]1CCOC1)C(N)=O. The number of carbonyl (C=O) groups excluding carboxylic acids is 3. The molecular weight excluding hydrogens is 264 g/mol. The Labute approximate surface area is 117 Å². The summed E-state index contributed by atoms with van der Waals surface area (Å²) in [5.41, 5.74) is 5.22. The minimum atomic E-state index is -0.839. The first kappa shape index (κ1) is 16.2. The van der Waals surface area contributed by atoms with Crippen molar-refractivity contribution in [1.29, 1.82) is 0 Å². The van der Waals surface area contributed by atoms with Crippen molar-refractivity contribution in [3.63, 3.8) is 0 Å². The maximum atomic E-state index is 11.8. The van der Waals surface area contributed by atoms with E-state index < -0.39 is 17.9 Å². The molecule has 0 bridgehead atoms. The Morgan fingerprint density at radius 1 is 1.50 bits per heavy atom. The van der Waals surface area contributed by atoms with Crippen molar-refractivity contribution in [1.82, 2.24) is 5.32 Å². The lowest BCUT2D eigenvalue weighted by Gasteiger charge is -2.16. The molecular formula is C13H20N2O5. The van der Waals surface area contributed by atoms with Gasteiger partial charge in [-0.25, -0.2) is 4.79 Å². The number of nitrogens with two attached hydrogens (primary N) is 1. The van der Waals surface area contributed by atoms with Gasteiger partial charge in [0.05, 0.1) is 19.1 Å². The molecule has 2 amide bonds. The van der Waals surface area contributed by atoms with Crippen molar-refractivity contribution < 1.29 is 23.9 Å². The largest absolute Gasteiger partial charge is 0.463 e. The summed E-state index contributed by atoms with van der Waals surface area (Å²) in [6, 6.07) is -0.839. The summed E-state index contributed by atoms with van der Waals surface area (Å²) in [7, 11) is 0. The van der Waals surface area contributed by atoms with E-state index in [1.54, 1.807) is 6.92 Å². The molecule has 7 heteroatoms. The molecule has 1 fully saturated rings. The number of rotatable bonds is 7. The lowest BCUT2D eigenvalue weighted by Crippen LogP contribution is -2.46. The number of nitrogens with one attached hydrogen (secondary N) is 1. The highest BCUT2D eigenvalue weighted by molar-refractivity contribution is 5.88. The molecule has 0 aliphatic carbocycles. The van der Waals surface area contributed by atoms with Crippen LogP contribution < -0.4 is 11.1 Å². The predicted octanol–water partition coefficient (Wildman–Crippen LogP) is -0.498. The van der Waals surface area contributed by atoms with Gasteiger partial charge < -0.3 is 20.5 Å². The second kappa shape index (κ2) is 8.31. The predicted molar refractivity (Wildman–Crippen MR) is 70.4 cm³/mol. The van der Waals surface area contributed by atoms with Crippen LogP contribution in [0.25, 0.3) is 0 Å². The minimum Gasteiger partial charge on any atom is -0.463 e. The normalized spacial score (nSPS) is 19.8. The number of amides is 2. The van der Waals surface area contributed by atoms with E-state index in [9.17, 15) is 14.4 Å². The third kappa shape index (κ3) is 5.40. The van der Waals surface area contributed by atoms with E-state index in [0.717, 1.165) is 0 Å². The van der Waals surface area contributed by atoms with E-state index in [2.05, 4.69) is 5.32 Å². The fourth-order valence-electron chi connectivity index (χ4n) is 1.77. The zero-order valence-corrected chi connectivity index (χ0v) is 11.5. The first-order chi connectivity index (χ1) is 9.54. The van der Waals surface area contributed by atoms with E-state index in [1.807, 2.05) is 0 Å². The molecule has 112 valence electrons. The average Bonchev–Trinajstić information content (AvgIpc) is 2.91. The smallest absolute Gasteiger partial charge is 0.330 e. The zero-order valence-electron chi connectivity index (χ0n) is 11.5. The van der Waals surface area contributed by atoms with Crippen LogP contribution in [0.3, 0.4) is 0 Å². The Hall–Kier alpha value is -1.89. The highest BCUT2D eigenvalue weighted by atomic mass is 16.5. The number of carbonyl (C=O) groups is 3. The first-order valence-electron chi connectivity index (χ1n) is 6.55. The highest BCUT2D eigenvalue weighted by Gasteiger charge is 2.26. The fraction of sp³-hybridized carbons (Fsp3) is 0.615. The molecule has 7 nitrogen and oxygen atoms in total. The van der Waals surface area contributed by atoms with Crippen LogP contribution in [0, 0.1) is 5.92 Å². The van der Waals surface area contributed by atoms with Gasteiger partial charge >= 0.3 is 5.97 Å². The Morgan fingerprint density at radius 2 is 2.25 bits per heavy atom. The lowest BCUT2D eigenvalue weighted by atomic mass is 10.1. The molecule has 3 N–H and O–H groups in total. The number of esters is 1. The molecule has 0 aromatic rings. The van der Waals surface area contributed by atoms with Crippen molar-refractivity contribution in [2.24, 2.45) is 11.7 Å². The first-order valence-corrected chi connectivity index (χ1v) is 6.55. The number of hydrogen-bond donors (Lipinski definition) is 2. The van der Waals surface area contributed by atoms with Crippen LogP contribution in [-0.4, -0.2) is 43.6 Å². The molecule has 0 radical (unpaired) electrons. The van der Waals surface area contributed by atoms with Gasteiger partial charge in [-0.05, 0) is 19.8 Å². The molecule has 0 aromatic carbocycles.